The maximum Gasteiger partial charge on any atom is 0.245 e. The molecule has 1 unspecified atom stereocenters. The van der Waals surface area contributed by atoms with Gasteiger partial charge >= 0.3 is 0 Å². The summed E-state index contributed by atoms with van der Waals surface area (Å²) in [7, 11) is 0. The summed E-state index contributed by atoms with van der Waals surface area (Å²) in [5.74, 6) is -0.137. The Labute approximate surface area is 121 Å². The van der Waals surface area contributed by atoms with Crippen LogP contribution in [-0.2, 0) is 11.3 Å². The predicted octanol–water partition coefficient (Wildman–Crippen LogP) is 3.01. The molecule has 0 saturated heterocycles. The van der Waals surface area contributed by atoms with Crippen molar-refractivity contribution in [2.75, 3.05) is 4.90 Å². The van der Waals surface area contributed by atoms with E-state index in [4.69, 9.17) is 11.6 Å². The fourth-order valence-corrected chi connectivity index (χ4v) is 2.34. The van der Waals surface area contributed by atoms with Gasteiger partial charge in [0.25, 0.3) is 0 Å². The first-order valence-electron chi connectivity index (χ1n) is 5.85. The van der Waals surface area contributed by atoms with Crippen molar-refractivity contribution < 1.29 is 4.79 Å². The lowest BCUT2D eigenvalue weighted by molar-refractivity contribution is -0.118. The largest absolute Gasteiger partial charge is 0.304 e. The van der Waals surface area contributed by atoms with Gasteiger partial charge in [-0.3, -0.25) is 4.79 Å². The number of hydrogen-bond acceptors (Lipinski definition) is 4. The summed E-state index contributed by atoms with van der Waals surface area (Å²) in [6, 6.07) is 7.76. The lowest BCUT2D eigenvalue weighted by Gasteiger charge is -2.23. The predicted molar refractivity (Wildman–Crippen MR) is 77.6 cm³/mol. The molecule has 4 nitrogen and oxygen atoms in total. The number of carbonyl (C=O) groups is 1. The van der Waals surface area contributed by atoms with Gasteiger partial charge in [0.05, 0.1) is 6.54 Å². The lowest BCUT2D eigenvalue weighted by Crippen LogP contribution is -2.35. The van der Waals surface area contributed by atoms with E-state index < -0.39 is 5.38 Å². The summed E-state index contributed by atoms with van der Waals surface area (Å²) in [5.41, 5.74) is 3.57. The number of nitrogens with zero attached hydrogens (tertiary/aromatic N) is 3. The molecule has 0 bridgehead atoms. The zero-order valence-corrected chi connectivity index (χ0v) is 12.3. The molecule has 1 atom stereocenters. The molecule has 0 aliphatic rings. The molecule has 2 rings (SSSR count). The molecule has 0 saturated carbocycles. The van der Waals surface area contributed by atoms with Gasteiger partial charge in [-0.15, -0.1) is 33.1 Å². The van der Waals surface area contributed by atoms with Crippen LogP contribution in [-0.4, -0.2) is 21.5 Å². The molecule has 1 aromatic carbocycles. The third kappa shape index (κ3) is 3.52. The Bertz CT molecular complexity index is 557. The third-order valence-corrected chi connectivity index (χ3v) is 3.49. The number of benzene rings is 1. The van der Waals surface area contributed by atoms with Crippen molar-refractivity contribution >= 4 is 34.5 Å². The maximum absolute atomic E-state index is 12.2. The quantitative estimate of drug-likeness (QED) is 0.815. The van der Waals surface area contributed by atoms with E-state index in [-0.39, 0.29) is 5.91 Å². The van der Waals surface area contributed by atoms with E-state index in [1.54, 1.807) is 17.3 Å². The first-order valence-corrected chi connectivity index (χ1v) is 7.16. The zero-order chi connectivity index (χ0) is 13.8. The second-order valence-corrected chi connectivity index (χ2v) is 5.78. The number of amides is 1. The minimum atomic E-state index is -0.576. The van der Waals surface area contributed by atoms with Crippen LogP contribution in [0, 0.1) is 6.92 Å². The number of rotatable bonds is 4. The summed E-state index contributed by atoms with van der Waals surface area (Å²) in [6.45, 7) is 4.05. The van der Waals surface area contributed by atoms with Crippen LogP contribution < -0.4 is 4.90 Å². The molecular formula is C13H14ClN3OS. The van der Waals surface area contributed by atoms with Gasteiger partial charge in [-0.1, -0.05) is 12.1 Å². The first-order chi connectivity index (χ1) is 9.08. The number of anilines is 1. The molecule has 0 aliphatic heterocycles. The summed E-state index contributed by atoms with van der Waals surface area (Å²) >= 11 is 7.35. The Kier molecular flexibility index (Phi) is 4.50. The second kappa shape index (κ2) is 6.12. The molecule has 1 aromatic heterocycles. The number of hydrogen-bond donors (Lipinski definition) is 0. The Hall–Kier alpha value is -1.46. The summed E-state index contributed by atoms with van der Waals surface area (Å²) in [6.07, 6.45) is 0. The monoisotopic (exact) mass is 295 g/mol. The van der Waals surface area contributed by atoms with E-state index in [9.17, 15) is 4.79 Å². The van der Waals surface area contributed by atoms with Crippen LogP contribution in [0.4, 0.5) is 5.69 Å². The number of aromatic nitrogens is 2. The van der Waals surface area contributed by atoms with Crippen LogP contribution >= 0.6 is 22.9 Å². The highest BCUT2D eigenvalue weighted by molar-refractivity contribution is 7.09. The summed E-state index contributed by atoms with van der Waals surface area (Å²) in [4.78, 5) is 13.9. The fraction of sp³-hybridized carbons (Fsp3) is 0.308. The van der Waals surface area contributed by atoms with E-state index in [1.807, 2.05) is 31.2 Å². The van der Waals surface area contributed by atoms with Gasteiger partial charge in [0.2, 0.25) is 5.91 Å². The van der Waals surface area contributed by atoms with Crippen molar-refractivity contribution in [3.63, 3.8) is 0 Å². The molecule has 6 heteroatoms. The molecule has 100 valence electrons. The van der Waals surface area contributed by atoms with Crippen LogP contribution in [0.25, 0.3) is 0 Å². The standard InChI is InChI=1S/C13H14ClN3OS/c1-9-4-3-5-11(6-9)17(13(18)10(2)14)7-12-16-15-8-19-12/h3-6,8,10H,7H2,1-2H3. The molecule has 0 spiro atoms. The van der Waals surface area contributed by atoms with Crippen LogP contribution in [0.1, 0.15) is 17.5 Å². The Morgan fingerprint density at radius 3 is 2.89 bits per heavy atom. The molecule has 2 aromatic rings. The van der Waals surface area contributed by atoms with E-state index in [0.29, 0.717) is 6.54 Å². The number of aryl methyl sites for hydroxylation is 1. The van der Waals surface area contributed by atoms with Crippen LogP contribution in [0.3, 0.4) is 0 Å². The summed E-state index contributed by atoms with van der Waals surface area (Å²) in [5, 5.41) is 7.97. The number of carbonyl (C=O) groups excluding carboxylic acids is 1. The van der Waals surface area contributed by atoms with Crippen molar-refractivity contribution in [3.05, 3.63) is 40.3 Å². The average Bonchev–Trinajstić information content (AvgIpc) is 2.88. The van der Waals surface area contributed by atoms with Crippen LogP contribution in [0.15, 0.2) is 29.8 Å². The Morgan fingerprint density at radius 1 is 1.53 bits per heavy atom. The summed E-state index contributed by atoms with van der Waals surface area (Å²) < 4.78 is 0. The van der Waals surface area contributed by atoms with Gasteiger partial charge in [0, 0.05) is 5.69 Å². The highest BCUT2D eigenvalue weighted by Crippen LogP contribution is 2.21. The average molecular weight is 296 g/mol. The molecule has 0 N–H and O–H groups in total. The van der Waals surface area contributed by atoms with Crippen LogP contribution in [0.5, 0.6) is 0 Å². The van der Waals surface area contributed by atoms with E-state index in [0.717, 1.165) is 16.3 Å². The molecule has 0 fully saturated rings. The molecule has 19 heavy (non-hydrogen) atoms. The van der Waals surface area contributed by atoms with Gasteiger partial charge in [-0.05, 0) is 31.5 Å². The van der Waals surface area contributed by atoms with Crippen molar-refractivity contribution in [2.45, 2.75) is 25.8 Å². The topological polar surface area (TPSA) is 46.1 Å². The van der Waals surface area contributed by atoms with Gasteiger partial charge in [-0.25, -0.2) is 0 Å². The smallest absolute Gasteiger partial charge is 0.245 e. The highest BCUT2D eigenvalue weighted by atomic mass is 35.5. The van der Waals surface area contributed by atoms with E-state index in [2.05, 4.69) is 10.2 Å². The minimum absolute atomic E-state index is 0.137. The van der Waals surface area contributed by atoms with E-state index in [1.165, 1.54) is 11.3 Å². The van der Waals surface area contributed by atoms with Crippen molar-refractivity contribution in [1.29, 1.82) is 0 Å². The molecule has 1 amide bonds. The molecule has 1 heterocycles. The molecule has 0 aliphatic carbocycles. The Morgan fingerprint density at radius 2 is 2.32 bits per heavy atom. The van der Waals surface area contributed by atoms with E-state index >= 15 is 0 Å². The van der Waals surface area contributed by atoms with Crippen molar-refractivity contribution in [1.82, 2.24) is 10.2 Å². The number of alkyl halides is 1. The maximum atomic E-state index is 12.2. The second-order valence-electron chi connectivity index (χ2n) is 4.21. The minimum Gasteiger partial charge on any atom is -0.304 e. The van der Waals surface area contributed by atoms with Gasteiger partial charge in [0.15, 0.2) is 0 Å². The van der Waals surface area contributed by atoms with Crippen molar-refractivity contribution in [2.24, 2.45) is 0 Å². The SMILES string of the molecule is Cc1cccc(N(Cc2nncs2)C(=O)C(C)Cl)c1. The zero-order valence-electron chi connectivity index (χ0n) is 10.7. The molecule has 0 radical (unpaired) electrons. The molecular weight excluding hydrogens is 282 g/mol. The van der Waals surface area contributed by atoms with Crippen LogP contribution in [0.2, 0.25) is 0 Å². The lowest BCUT2D eigenvalue weighted by atomic mass is 10.2. The third-order valence-electron chi connectivity index (χ3n) is 2.62. The van der Waals surface area contributed by atoms with Gasteiger partial charge in [0.1, 0.15) is 15.9 Å². The van der Waals surface area contributed by atoms with Crippen molar-refractivity contribution in [3.8, 4) is 0 Å². The van der Waals surface area contributed by atoms with Gasteiger partial charge in [-0.2, -0.15) is 0 Å². The normalized spacial score (nSPS) is 12.2. The highest BCUT2D eigenvalue weighted by Gasteiger charge is 2.21. The first kappa shape index (κ1) is 14.0. The fourth-order valence-electron chi connectivity index (χ4n) is 1.71. The Balaban J connectivity index is 2.31. The number of halogens is 1. The van der Waals surface area contributed by atoms with Gasteiger partial charge < -0.3 is 4.90 Å².